The van der Waals surface area contributed by atoms with Gasteiger partial charge in [-0.15, -0.1) is 0 Å². The van der Waals surface area contributed by atoms with Gasteiger partial charge in [-0.05, 0) is 80.1 Å². The van der Waals surface area contributed by atoms with Gasteiger partial charge in [0, 0.05) is 0 Å². The van der Waals surface area contributed by atoms with Crippen molar-refractivity contribution in [2.45, 2.75) is 59.5 Å². The second-order valence-electron chi connectivity index (χ2n) is 8.41. The van der Waals surface area contributed by atoms with Gasteiger partial charge < -0.3 is 10.1 Å². The fourth-order valence-corrected chi connectivity index (χ4v) is 4.96. The summed E-state index contributed by atoms with van der Waals surface area (Å²) in [7, 11) is -2.01. The van der Waals surface area contributed by atoms with E-state index in [1.807, 2.05) is 32.9 Å². The van der Waals surface area contributed by atoms with E-state index in [9.17, 15) is 13.2 Å². The predicted molar refractivity (Wildman–Crippen MR) is 126 cm³/mol. The van der Waals surface area contributed by atoms with Crippen LogP contribution in [0.5, 0.6) is 5.75 Å². The van der Waals surface area contributed by atoms with Crippen LogP contribution in [0, 0.1) is 13.8 Å². The highest BCUT2D eigenvalue weighted by atomic mass is 32.2. The van der Waals surface area contributed by atoms with Crippen molar-refractivity contribution in [1.29, 1.82) is 0 Å². The molecule has 1 N–H and O–H groups in total. The number of aryl methyl sites for hydroxylation is 2. The van der Waals surface area contributed by atoms with Crippen LogP contribution in [-0.4, -0.2) is 33.7 Å². The van der Waals surface area contributed by atoms with Crippen molar-refractivity contribution >= 4 is 21.6 Å². The molecular weight excluding hydrogens is 412 g/mol. The van der Waals surface area contributed by atoms with Crippen molar-refractivity contribution < 1.29 is 17.9 Å². The second-order valence-corrected chi connectivity index (χ2v) is 10.3. The van der Waals surface area contributed by atoms with Crippen LogP contribution >= 0.6 is 0 Å². The van der Waals surface area contributed by atoms with E-state index in [-0.39, 0.29) is 17.9 Å². The van der Waals surface area contributed by atoms with E-state index >= 15 is 0 Å². The van der Waals surface area contributed by atoms with Crippen LogP contribution in [-0.2, 0) is 14.8 Å². The molecule has 2 atom stereocenters. The minimum absolute atomic E-state index is 0.262. The lowest BCUT2D eigenvalue weighted by Gasteiger charge is -2.30. The number of nitrogens with one attached hydrogen (secondary N) is 1. The topological polar surface area (TPSA) is 75.7 Å². The van der Waals surface area contributed by atoms with Gasteiger partial charge in [-0.2, -0.15) is 0 Å². The minimum Gasteiger partial charge on any atom is -0.496 e. The molecule has 0 aromatic heterocycles. The first-order valence-corrected chi connectivity index (χ1v) is 12.3. The molecule has 0 aliphatic carbocycles. The number of hydrogen-bond acceptors (Lipinski definition) is 4. The van der Waals surface area contributed by atoms with Crippen molar-refractivity contribution in [3.05, 3.63) is 58.7 Å². The molecule has 0 saturated heterocycles. The van der Waals surface area contributed by atoms with E-state index in [2.05, 4.69) is 25.2 Å². The molecule has 0 unspecified atom stereocenters. The molecule has 0 bridgehead atoms. The summed E-state index contributed by atoms with van der Waals surface area (Å²) in [6, 6.07) is 9.97. The molecule has 6 nitrogen and oxygen atoms in total. The lowest BCUT2D eigenvalue weighted by molar-refractivity contribution is -0.122. The zero-order valence-electron chi connectivity index (χ0n) is 19.7. The van der Waals surface area contributed by atoms with E-state index in [1.54, 1.807) is 32.2 Å². The Morgan fingerprint density at radius 3 is 2.19 bits per heavy atom. The summed E-state index contributed by atoms with van der Waals surface area (Å²) in [6.45, 7) is 11.5. The highest BCUT2D eigenvalue weighted by Crippen LogP contribution is 2.32. The third kappa shape index (κ3) is 5.79. The first-order chi connectivity index (χ1) is 14.4. The maximum absolute atomic E-state index is 13.1. The van der Waals surface area contributed by atoms with E-state index < -0.39 is 16.1 Å². The van der Waals surface area contributed by atoms with Gasteiger partial charge >= 0.3 is 0 Å². The Bertz CT molecular complexity index is 1050. The maximum atomic E-state index is 13.1. The molecule has 31 heavy (non-hydrogen) atoms. The number of benzene rings is 2. The van der Waals surface area contributed by atoms with Crippen LogP contribution in [0.3, 0.4) is 0 Å². The SMILES string of the molecule is COc1cc(C)c([C@H](C)NC(=O)[C@@H](C)N(c2cccc(C)c2)S(C)(=O)=O)cc1C(C)C. The van der Waals surface area contributed by atoms with Crippen molar-refractivity contribution in [3.63, 3.8) is 0 Å². The number of rotatable bonds is 8. The van der Waals surface area contributed by atoms with E-state index in [1.165, 1.54) is 4.31 Å². The molecule has 2 aromatic rings. The summed E-state index contributed by atoms with van der Waals surface area (Å²) in [6.07, 6.45) is 1.12. The largest absolute Gasteiger partial charge is 0.496 e. The van der Waals surface area contributed by atoms with Gasteiger partial charge in [0.25, 0.3) is 0 Å². The fraction of sp³-hybridized carbons (Fsp3) is 0.458. The van der Waals surface area contributed by atoms with Gasteiger partial charge in [0.1, 0.15) is 11.8 Å². The number of anilines is 1. The van der Waals surface area contributed by atoms with Crippen LogP contribution in [0.4, 0.5) is 5.69 Å². The van der Waals surface area contributed by atoms with Crippen molar-refractivity contribution in [2.75, 3.05) is 17.7 Å². The van der Waals surface area contributed by atoms with E-state index in [4.69, 9.17) is 4.74 Å². The number of sulfonamides is 1. The van der Waals surface area contributed by atoms with Crippen LogP contribution in [0.2, 0.25) is 0 Å². The predicted octanol–water partition coefficient (Wildman–Crippen LogP) is 4.47. The Kier molecular flexibility index (Phi) is 7.76. The van der Waals surface area contributed by atoms with Gasteiger partial charge in [-0.25, -0.2) is 8.42 Å². The first kappa shape index (κ1) is 24.7. The maximum Gasteiger partial charge on any atom is 0.244 e. The molecule has 1 amide bonds. The standard InChI is InChI=1S/C24H34N2O4S/c1-15(2)21-14-22(17(4)13-23(21)30-7)18(5)25-24(27)19(6)26(31(8,28)29)20-11-9-10-16(3)12-20/h9-15,18-19H,1-8H3,(H,25,27)/t18-,19+/m0/s1. The Balaban J connectivity index is 2.33. The number of hydrogen-bond donors (Lipinski definition) is 1. The summed E-state index contributed by atoms with van der Waals surface area (Å²) >= 11 is 0. The molecule has 2 aromatic carbocycles. The van der Waals surface area contributed by atoms with Gasteiger partial charge in [0.15, 0.2) is 0 Å². The van der Waals surface area contributed by atoms with Gasteiger partial charge in [0.2, 0.25) is 15.9 Å². The number of carbonyl (C=O) groups excluding carboxylic acids is 1. The van der Waals surface area contributed by atoms with Crippen molar-refractivity contribution in [3.8, 4) is 5.75 Å². The molecule has 7 heteroatoms. The normalized spacial score (nSPS) is 13.6. The molecule has 0 heterocycles. The quantitative estimate of drug-likeness (QED) is 0.649. The smallest absolute Gasteiger partial charge is 0.244 e. The molecule has 0 saturated carbocycles. The second kappa shape index (κ2) is 9.73. The Morgan fingerprint density at radius 1 is 1.03 bits per heavy atom. The summed E-state index contributed by atoms with van der Waals surface area (Å²) in [5.74, 6) is 0.727. The molecule has 0 spiro atoms. The minimum atomic E-state index is -3.66. The molecule has 2 rings (SSSR count). The van der Waals surface area contributed by atoms with Crippen LogP contribution in [0.25, 0.3) is 0 Å². The molecule has 0 radical (unpaired) electrons. The fourth-order valence-electron chi connectivity index (χ4n) is 3.80. The number of nitrogens with zero attached hydrogens (tertiary/aromatic N) is 1. The highest BCUT2D eigenvalue weighted by Gasteiger charge is 2.30. The van der Waals surface area contributed by atoms with Gasteiger partial charge in [-0.3, -0.25) is 9.10 Å². The molecule has 0 aliphatic heterocycles. The monoisotopic (exact) mass is 446 g/mol. The van der Waals surface area contributed by atoms with Crippen molar-refractivity contribution in [2.24, 2.45) is 0 Å². The average molecular weight is 447 g/mol. The molecule has 0 aliphatic rings. The third-order valence-corrected chi connectivity index (χ3v) is 6.65. The summed E-state index contributed by atoms with van der Waals surface area (Å²) in [5, 5.41) is 2.99. The van der Waals surface area contributed by atoms with Crippen LogP contribution < -0.4 is 14.4 Å². The number of ether oxygens (including phenoxy) is 1. The summed E-state index contributed by atoms with van der Waals surface area (Å²) in [4.78, 5) is 13.1. The zero-order valence-corrected chi connectivity index (χ0v) is 20.5. The molecule has 0 fully saturated rings. The van der Waals surface area contributed by atoms with Crippen LogP contribution in [0.15, 0.2) is 36.4 Å². The summed E-state index contributed by atoms with van der Waals surface area (Å²) in [5.41, 5.74) is 4.43. The Morgan fingerprint density at radius 2 is 1.68 bits per heavy atom. The van der Waals surface area contributed by atoms with Crippen LogP contribution in [0.1, 0.15) is 61.9 Å². The number of carbonyl (C=O) groups is 1. The van der Waals surface area contributed by atoms with Crippen molar-refractivity contribution in [1.82, 2.24) is 5.32 Å². The van der Waals surface area contributed by atoms with Gasteiger partial charge in [-0.1, -0.05) is 26.0 Å². The molecular formula is C24H34N2O4S. The lowest BCUT2D eigenvalue weighted by atomic mass is 9.93. The first-order valence-electron chi connectivity index (χ1n) is 10.4. The average Bonchev–Trinajstić information content (AvgIpc) is 2.66. The van der Waals surface area contributed by atoms with Gasteiger partial charge in [0.05, 0.1) is 25.1 Å². The number of methoxy groups -OCH3 is 1. The highest BCUT2D eigenvalue weighted by molar-refractivity contribution is 7.92. The third-order valence-electron chi connectivity index (χ3n) is 5.41. The zero-order chi connectivity index (χ0) is 23.5. The molecule has 170 valence electrons. The van der Waals surface area contributed by atoms with E-state index in [0.717, 1.165) is 34.3 Å². The number of amides is 1. The lowest BCUT2D eigenvalue weighted by Crippen LogP contribution is -2.48. The van der Waals surface area contributed by atoms with E-state index in [0.29, 0.717) is 5.69 Å². The Hall–Kier alpha value is -2.54. The summed E-state index contributed by atoms with van der Waals surface area (Å²) < 4.78 is 31.7. The Labute approximate surface area is 186 Å².